The van der Waals surface area contributed by atoms with E-state index >= 15 is 0 Å². The monoisotopic (exact) mass is 533 g/mol. The number of piperazine rings is 1. The second kappa shape index (κ2) is 12.9. The molecule has 1 saturated heterocycles. The van der Waals surface area contributed by atoms with Crippen molar-refractivity contribution in [3.63, 3.8) is 0 Å². The summed E-state index contributed by atoms with van der Waals surface area (Å²) >= 11 is 0. The van der Waals surface area contributed by atoms with Gasteiger partial charge in [-0.2, -0.15) is 4.31 Å². The Morgan fingerprint density at radius 1 is 0.947 bits per heavy atom. The first-order valence-electron chi connectivity index (χ1n) is 12.8. The molecule has 0 N–H and O–H groups in total. The molecule has 1 heterocycles. The number of amides is 1. The maximum atomic E-state index is 13.7. The SMILES string of the molecule is COc1ccc(S(=O)(=O)N(CC(=O)N2CCN(C/C=C/c3ccccc3)CC2)Cc2ccccc2)cc1C. The van der Waals surface area contributed by atoms with E-state index in [1.165, 1.54) is 10.4 Å². The molecule has 0 saturated carbocycles. The van der Waals surface area contributed by atoms with Crippen molar-refractivity contribution in [2.24, 2.45) is 0 Å². The predicted molar refractivity (Wildman–Crippen MR) is 150 cm³/mol. The van der Waals surface area contributed by atoms with Crippen LogP contribution >= 0.6 is 0 Å². The lowest BCUT2D eigenvalue weighted by atomic mass is 10.2. The summed E-state index contributed by atoms with van der Waals surface area (Å²) in [6.45, 7) is 5.14. The maximum absolute atomic E-state index is 13.7. The Balaban J connectivity index is 1.42. The van der Waals surface area contributed by atoms with Crippen LogP contribution < -0.4 is 4.74 Å². The quantitative estimate of drug-likeness (QED) is 0.393. The largest absolute Gasteiger partial charge is 0.496 e. The van der Waals surface area contributed by atoms with Crippen molar-refractivity contribution >= 4 is 22.0 Å². The molecule has 1 aliphatic rings. The van der Waals surface area contributed by atoms with Gasteiger partial charge in [-0.3, -0.25) is 9.69 Å². The van der Waals surface area contributed by atoms with E-state index < -0.39 is 10.0 Å². The zero-order valence-electron chi connectivity index (χ0n) is 22.0. The first-order valence-corrected chi connectivity index (χ1v) is 14.2. The summed E-state index contributed by atoms with van der Waals surface area (Å²) in [6, 6.07) is 24.3. The maximum Gasteiger partial charge on any atom is 0.243 e. The number of carbonyl (C=O) groups excluding carboxylic acids is 1. The van der Waals surface area contributed by atoms with Gasteiger partial charge in [0.05, 0.1) is 18.6 Å². The van der Waals surface area contributed by atoms with Gasteiger partial charge in [0.15, 0.2) is 0 Å². The van der Waals surface area contributed by atoms with Crippen molar-refractivity contribution in [3.8, 4) is 5.75 Å². The molecule has 4 rings (SSSR count). The van der Waals surface area contributed by atoms with Crippen molar-refractivity contribution in [2.75, 3.05) is 46.4 Å². The fourth-order valence-electron chi connectivity index (χ4n) is 4.51. The van der Waals surface area contributed by atoms with E-state index in [9.17, 15) is 13.2 Å². The Kier molecular flexibility index (Phi) is 9.33. The fourth-order valence-corrected chi connectivity index (χ4v) is 5.97. The Bertz CT molecular complexity index is 1340. The zero-order valence-corrected chi connectivity index (χ0v) is 22.8. The number of hydrogen-bond donors (Lipinski definition) is 0. The van der Waals surface area contributed by atoms with Gasteiger partial charge >= 0.3 is 0 Å². The number of hydrogen-bond acceptors (Lipinski definition) is 5. The van der Waals surface area contributed by atoms with Crippen molar-refractivity contribution in [1.82, 2.24) is 14.1 Å². The smallest absolute Gasteiger partial charge is 0.243 e. The molecule has 1 aliphatic heterocycles. The van der Waals surface area contributed by atoms with Gasteiger partial charge in [-0.15, -0.1) is 0 Å². The van der Waals surface area contributed by atoms with Gasteiger partial charge in [0.1, 0.15) is 5.75 Å². The topological polar surface area (TPSA) is 70.2 Å². The number of carbonyl (C=O) groups is 1. The summed E-state index contributed by atoms with van der Waals surface area (Å²) in [5.74, 6) is 0.431. The summed E-state index contributed by atoms with van der Waals surface area (Å²) < 4.78 is 34.0. The standard InChI is InChI=1S/C30H35N3O4S/c1-25-22-28(15-16-29(25)37-2)38(35,36)33(23-27-12-7-4-8-13-27)24-30(34)32-20-18-31(19-21-32)17-9-14-26-10-5-3-6-11-26/h3-16,22H,17-21,23-24H2,1-2H3/b14-9+. The molecule has 0 unspecified atom stereocenters. The molecule has 0 radical (unpaired) electrons. The number of rotatable bonds is 10. The van der Waals surface area contributed by atoms with Crippen LogP contribution in [0.2, 0.25) is 0 Å². The van der Waals surface area contributed by atoms with Crippen LogP contribution in [-0.4, -0.2) is 74.8 Å². The Morgan fingerprint density at radius 2 is 1.61 bits per heavy atom. The van der Waals surface area contributed by atoms with Gasteiger partial charge in [-0.25, -0.2) is 8.42 Å². The van der Waals surface area contributed by atoms with Crippen LogP contribution in [0.1, 0.15) is 16.7 Å². The number of sulfonamides is 1. The number of nitrogens with zero attached hydrogens (tertiary/aromatic N) is 3. The molecule has 1 fully saturated rings. The molecular formula is C30H35N3O4S. The van der Waals surface area contributed by atoms with Crippen molar-refractivity contribution in [3.05, 3.63) is 102 Å². The third kappa shape index (κ3) is 7.10. The van der Waals surface area contributed by atoms with E-state index in [0.717, 1.165) is 36.3 Å². The summed E-state index contributed by atoms with van der Waals surface area (Å²) in [5.41, 5.74) is 2.70. The van der Waals surface area contributed by atoms with Gasteiger partial charge in [0.25, 0.3) is 0 Å². The van der Waals surface area contributed by atoms with Gasteiger partial charge in [-0.05, 0) is 41.8 Å². The van der Waals surface area contributed by atoms with Gasteiger partial charge in [0, 0.05) is 39.3 Å². The molecule has 0 aromatic heterocycles. The molecule has 7 nitrogen and oxygen atoms in total. The molecule has 200 valence electrons. The Labute approximate surface area is 226 Å². The van der Waals surface area contributed by atoms with Crippen LogP contribution in [0.5, 0.6) is 5.75 Å². The molecule has 0 aliphatic carbocycles. The molecule has 1 amide bonds. The average molecular weight is 534 g/mol. The van der Waals surface area contributed by atoms with E-state index in [1.54, 1.807) is 31.1 Å². The van der Waals surface area contributed by atoms with Gasteiger partial charge in [-0.1, -0.05) is 72.8 Å². The van der Waals surface area contributed by atoms with E-state index in [0.29, 0.717) is 18.8 Å². The number of aryl methyl sites for hydroxylation is 1. The minimum Gasteiger partial charge on any atom is -0.496 e. The predicted octanol–water partition coefficient (Wildman–Crippen LogP) is 4.05. The lowest BCUT2D eigenvalue weighted by molar-refractivity contribution is -0.133. The lowest BCUT2D eigenvalue weighted by Crippen LogP contribution is -2.51. The van der Waals surface area contributed by atoms with Crippen LogP contribution in [0.4, 0.5) is 0 Å². The number of ether oxygens (including phenoxy) is 1. The Morgan fingerprint density at radius 3 is 2.24 bits per heavy atom. The third-order valence-electron chi connectivity index (χ3n) is 6.72. The second-order valence-corrected chi connectivity index (χ2v) is 11.3. The minimum absolute atomic E-state index is 0.115. The minimum atomic E-state index is -3.92. The molecule has 3 aromatic rings. The first kappa shape index (κ1) is 27.6. The second-order valence-electron chi connectivity index (χ2n) is 9.38. The van der Waals surface area contributed by atoms with Gasteiger partial charge < -0.3 is 9.64 Å². The number of methoxy groups -OCH3 is 1. The summed E-state index contributed by atoms with van der Waals surface area (Å²) in [7, 11) is -2.37. The van der Waals surface area contributed by atoms with Crippen LogP contribution in [0, 0.1) is 6.92 Å². The highest BCUT2D eigenvalue weighted by Crippen LogP contribution is 2.25. The molecule has 38 heavy (non-hydrogen) atoms. The highest BCUT2D eigenvalue weighted by Gasteiger charge is 2.30. The molecular weight excluding hydrogens is 498 g/mol. The van der Waals surface area contributed by atoms with E-state index in [2.05, 4.69) is 29.2 Å². The van der Waals surface area contributed by atoms with E-state index in [4.69, 9.17) is 4.74 Å². The van der Waals surface area contributed by atoms with E-state index in [-0.39, 0.29) is 23.9 Å². The summed E-state index contributed by atoms with van der Waals surface area (Å²) in [5, 5.41) is 0. The summed E-state index contributed by atoms with van der Waals surface area (Å²) in [4.78, 5) is 17.5. The molecule has 0 spiro atoms. The molecule has 0 bridgehead atoms. The van der Waals surface area contributed by atoms with Crippen LogP contribution in [0.15, 0.2) is 89.8 Å². The molecule has 3 aromatic carbocycles. The van der Waals surface area contributed by atoms with Crippen LogP contribution in [0.25, 0.3) is 6.08 Å². The Hall–Kier alpha value is -3.46. The number of benzene rings is 3. The van der Waals surface area contributed by atoms with Crippen molar-refractivity contribution in [1.29, 1.82) is 0 Å². The normalized spacial score (nSPS) is 14.8. The fraction of sp³-hybridized carbons (Fsp3) is 0.300. The lowest BCUT2D eigenvalue weighted by Gasteiger charge is -2.35. The highest BCUT2D eigenvalue weighted by atomic mass is 32.2. The van der Waals surface area contributed by atoms with Crippen LogP contribution in [-0.2, 0) is 21.4 Å². The molecule has 0 atom stereocenters. The molecule has 8 heteroatoms. The van der Waals surface area contributed by atoms with Crippen molar-refractivity contribution < 1.29 is 17.9 Å². The third-order valence-corrected chi connectivity index (χ3v) is 8.50. The zero-order chi connectivity index (χ0) is 27.0. The van der Waals surface area contributed by atoms with Crippen molar-refractivity contribution in [2.45, 2.75) is 18.4 Å². The van der Waals surface area contributed by atoms with Crippen LogP contribution in [0.3, 0.4) is 0 Å². The highest BCUT2D eigenvalue weighted by molar-refractivity contribution is 7.89. The first-order chi connectivity index (χ1) is 18.4. The van der Waals surface area contributed by atoms with Gasteiger partial charge in [0.2, 0.25) is 15.9 Å². The van der Waals surface area contributed by atoms with E-state index in [1.807, 2.05) is 48.5 Å². The summed E-state index contributed by atoms with van der Waals surface area (Å²) in [6.07, 6.45) is 4.24. The average Bonchev–Trinajstić information content (AvgIpc) is 2.94.